The Kier molecular flexibility index (Phi) is 6.91. The summed E-state index contributed by atoms with van der Waals surface area (Å²) < 4.78 is 5.96. The van der Waals surface area contributed by atoms with Gasteiger partial charge in [0.1, 0.15) is 6.10 Å². The zero-order chi connectivity index (χ0) is 29.5. The molecule has 0 saturated heterocycles. The van der Waals surface area contributed by atoms with Crippen molar-refractivity contribution in [1.29, 1.82) is 0 Å². The first kappa shape index (κ1) is 29.6. The van der Waals surface area contributed by atoms with Crippen LogP contribution in [-0.4, -0.2) is 34.2 Å². The Morgan fingerprint density at radius 2 is 1.52 bits per heavy atom. The van der Waals surface area contributed by atoms with Crippen LogP contribution in [0.4, 0.5) is 0 Å². The largest absolute Gasteiger partial charge is 0.481 e. The van der Waals surface area contributed by atoms with Crippen LogP contribution < -0.4 is 0 Å². The van der Waals surface area contributed by atoms with E-state index in [-0.39, 0.29) is 51.9 Å². The van der Waals surface area contributed by atoms with E-state index >= 15 is 0 Å². The van der Waals surface area contributed by atoms with Crippen LogP contribution in [0.2, 0.25) is 0 Å². The second-order valence-corrected chi connectivity index (χ2v) is 16.4. The van der Waals surface area contributed by atoms with Crippen molar-refractivity contribution in [3.63, 3.8) is 0 Å². The Bertz CT molecular complexity index is 1120. The highest BCUT2D eigenvalue weighted by Crippen LogP contribution is 2.75. The fourth-order valence-corrected chi connectivity index (χ4v) is 11.2. The standard InChI is InChI=1S/C34H52O6/c1-29(2)16-18-34(28(38)39)19-17-32(6)21(22(34)20-29)8-9-24-31(5)14-13-25(40-27(37)11-10-26(35)36)30(3,4)23(31)12-15-33(24,32)7/h8,22-25H,9-20H2,1-7H3,(H,35,36)(H,38,39)/t22?,23?,24?,25-,31-,32+,33+,34-/m0/s1. The van der Waals surface area contributed by atoms with Crippen LogP contribution in [0.3, 0.4) is 0 Å². The van der Waals surface area contributed by atoms with Gasteiger partial charge in [-0.1, -0.05) is 60.1 Å². The molecule has 0 amide bonds. The summed E-state index contributed by atoms with van der Waals surface area (Å²) >= 11 is 0. The molecule has 224 valence electrons. The van der Waals surface area contributed by atoms with Crippen molar-refractivity contribution < 1.29 is 29.3 Å². The number of ether oxygens (including phenoxy) is 1. The van der Waals surface area contributed by atoms with Gasteiger partial charge in [0.25, 0.3) is 0 Å². The Labute approximate surface area is 240 Å². The molecule has 3 unspecified atom stereocenters. The molecule has 6 heteroatoms. The van der Waals surface area contributed by atoms with Gasteiger partial charge in [-0.2, -0.15) is 0 Å². The van der Waals surface area contributed by atoms with E-state index in [9.17, 15) is 19.5 Å². The second kappa shape index (κ2) is 9.33. The number of aliphatic carboxylic acids is 2. The molecule has 5 aliphatic rings. The number of fused-ring (bicyclic) bond motifs is 7. The molecule has 8 atom stereocenters. The third kappa shape index (κ3) is 4.12. The molecule has 5 aliphatic carbocycles. The predicted molar refractivity (Wildman–Crippen MR) is 153 cm³/mol. The highest BCUT2D eigenvalue weighted by atomic mass is 16.5. The maximum absolute atomic E-state index is 12.9. The molecule has 0 spiro atoms. The van der Waals surface area contributed by atoms with Crippen molar-refractivity contribution >= 4 is 17.9 Å². The maximum atomic E-state index is 12.9. The molecule has 0 radical (unpaired) electrons. The maximum Gasteiger partial charge on any atom is 0.310 e. The number of carboxylic acids is 2. The van der Waals surface area contributed by atoms with Gasteiger partial charge < -0.3 is 14.9 Å². The van der Waals surface area contributed by atoms with Gasteiger partial charge in [0.15, 0.2) is 0 Å². The SMILES string of the molecule is CC1(C)CC[C@]2(C(=O)O)CC[C@]3(C)C(=CCC4[C@@]5(C)CC[C@H](OC(=O)CCC(=O)O)C(C)(C)C5CC[C@]43C)C2C1. The molecule has 0 aliphatic heterocycles. The lowest BCUT2D eigenvalue weighted by Crippen LogP contribution is -2.65. The van der Waals surface area contributed by atoms with Crippen molar-refractivity contribution in [2.45, 2.75) is 132 Å². The zero-order valence-electron chi connectivity index (χ0n) is 25.9. The molecular weight excluding hydrogens is 504 g/mol. The van der Waals surface area contributed by atoms with Crippen LogP contribution in [0.25, 0.3) is 0 Å². The molecule has 2 N–H and O–H groups in total. The number of rotatable bonds is 5. The van der Waals surface area contributed by atoms with Crippen LogP contribution in [0.15, 0.2) is 11.6 Å². The number of carbonyl (C=O) groups excluding carboxylic acids is 1. The van der Waals surface area contributed by atoms with Gasteiger partial charge in [-0.3, -0.25) is 14.4 Å². The Morgan fingerprint density at radius 1 is 0.850 bits per heavy atom. The molecular formula is C34H52O6. The lowest BCUT2D eigenvalue weighted by atomic mass is 9.33. The number of carbonyl (C=O) groups is 3. The Balaban J connectivity index is 1.46. The van der Waals surface area contributed by atoms with E-state index in [1.807, 2.05) is 0 Å². The average molecular weight is 557 g/mol. The van der Waals surface area contributed by atoms with Crippen molar-refractivity contribution in [3.05, 3.63) is 11.6 Å². The van der Waals surface area contributed by atoms with Crippen molar-refractivity contribution in [2.75, 3.05) is 0 Å². The molecule has 5 rings (SSSR count). The Morgan fingerprint density at radius 3 is 2.17 bits per heavy atom. The minimum absolute atomic E-state index is 0.00871. The van der Waals surface area contributed by atoms with E-state index in [0.29, 0.717) is 11.8 Å². The van der Waals surface area contributed by atoms with E-state index in [1.54, 1.807) is 0 Å². The van der Waals surface area contributed by atoms with Gasteiger partial charge in [-0.25, -0.2) is 0 Å². The lowest BCUT2D eigenvalue weighted by molar-refractivity contribution is -0.214. The first-order chi connectivity index (χ1) is 18.4. The first-order valence-electron chi connectivity index (χ1n) is 15.8. The van der Waals surface area contributed by atoms with Crippen LogP contribution in [0, 0.1) is 50.2 Å². The minimum Gasteiger partial charge on any atom is -0.481 e. The molecule has 0 bridgehead atoms. The van der Waals surface area contributed by atoms with E-state index < -0.39 is 23.3 Å². The summed E-state index contributed by atoms with van der Waals surface area (Å²) in [5.74, 6) is -0.952. The fraction of sp³-hybridized carbons (Fsp3) is 0.853. The van der Waals surface area contributed by atoms with Gasteiger partial charge in [0.05, 0.1) is 18.3 Å². The summed E-state index contributed by atoms with van der Waals surface area (Å²) in [6.07, 6.45) is 11.5. The zero-order valence-corrected chi connectivity index (χ0v) is 25.9. The number of allylic oxidation sites excluding steroid dienone is 2. The van der Waals surface area contributed by atoms with Crippen molar-refractivity contribution in [2.24, 2.45) is 50.2 Å². The molecule has 40 heavy (non-hydrogen) atoms. The molecule has 4 fully saturated rings. The van der Waals surface area contributed by atoms with E-state index in [4.69, 9.17) is 9.84 Å². The quantitative estimate of drug-likeness (QED) is 0.266. The smallest absolute Gasteiger partial charge is 0.310 e. The van der Waals surface area contributed by atoms with Crippen molar-refractivity contribution in [1.82, 2.24) is 0 Å². The van der Waals surface area contributed by atoms with E-state index in [1.165, 1.54) is 5.57 Å². The molecule has 0 aromatic heterocycles. The summed E-state index contributed by atoms with van der Waals surface area (Å²) in [5.41, 5.74) is 0.982. The molecule has 6 nitrogen and oxygen atoms in total. The molecule has 0 aromatic rings. The first-order valence-corrected chi connectivity index (χ1v) is 15.8. The second-order valence-electron chi connectivity index (χ2n) is 16.4. The summed E-state index contributed by atoms with van der Waals surface area (Å²) in [7, 11) is 0. The predicted octanol–water partition coefficient (Wildman–Crippen LogP) is 7.65. The Hall–Kier alpha value is -1.85. The average Bonchev–Trinajstić information content (AvgIpc) is 2.84. The van der Waals surface area contributed by atoms with Gasteiger partial charge in [0.2, 0.25) is 0 Å². The highest BCUT2D eigenvalue weighted by Gasteiger charge is 2.69. The van der Waals surface area contributed by atoms with Gasteiger partial charge >= 0.3 is 17.9 Å². The van der Waals surface area contributed by atoms with Gasteiger partial charge in [-0.15, -0.1) is 0 Å². The minimum atomic E-state index is -0.975. The normalized spacial score (nSPS) is 45.0. The van der Waals surface area contributed by atoms with Crippen LogP contribution >= 0.6 is 0 Å². The third-order valence-corrected chi connectivity index (χ3v) is 13.8. The summed E-state index contributed by atoms with van der Waals surface area (Å²) in [6, 6.07) is 0. The number of carboxylic acid groups (broad SMARTS) is 2. The molecule has 0 heterocycles. The highest BCUT2D eigenvalue weighted by molar-refractivity contribution is 5.77. The van der Waals surface area contributed by atoms with Crippen LogP contribution in [0.5, 0.6) is 0 Å². The summed E-state index contributed by atoms with van der Waals surface area (Å²) in [4.78, 5) is 36.3. The van der Waals surface area contributed by atoms with Gasteiger partial charge in [0, 0.05) is 5.41 Å². The van der Waals surface area contributed by atoms with Crippen LogP contribution in [0.1, 0.15) is 126 Å². The third-order valence-electron chi connectivity index (χ3n) is 13.8. The lowest BCUT2D eigenvalue weighted by Gasteiger charge is -2.71. The summed E-state index contributed by atoms with van der Waals surface area (Å²) in [5, 5.41) is 19.6. The van der Waals surface area contributed by atoms with E-state index in [0.717, 1.165) is 64.2 Å². The monoisotopic (exact) mass is 556 g/mol. The van der Waals surface area contributed by atoms with Crippen LogP contribution in [-0.2, 0) is 19.1 Å². The van der Waals surface area contributed by atoms with Crippen molar-refractivity contribution in [3.8, 4) is 0 Å². The fourth-order valence-electron chi connectivity index (χ4n) is 11.2. The molecule has 0 aromatic carbocycles. The van der Waals surface area contributed by atoms with Gasteiger partial charge in [-0.05, 0) is 104 Å². The number of hydrogen-bond acceptors (Lipinski definition) is 4. The number of hydrogen-bond donors (Lipinski definition) is 2. The van der Waals surface area contributed by atoms with E-state index in [2.05, 4.69) is 54.5 Å². The topological polar surface area (TPSA) is 101 Å². The summed E-state index contributed by atoms with van der Waals surface area (Å²) in [6.45, 7) is 16.6. The number of esters is 1. The molecule has 4 saturated carbocycles.